The number of β-lactam (4-membered cyclic amide) rings is 1. The van der Waals surface area contributed by atoms with Crippen molar-refractivity contribution in [2.45, 2.75) is 17.4 Å². The molecule has 1 fully saturated rings. The van der Waals surface area contributed by atoms with Crippen LogP contribution in [-0.4, -0.2) is 14.3 Å². The second-order valence-corrected chi connectivity index (χ2v) is 7.93. The van der Waals surface area contributed by atoms with Gasteiger partial charge < -0.3 is 9.08 Å². The largest absolute Gasteiger partial charge is 0.379 e. The third kappa shape index (κ3) is 3.48. The first-order chi connectivity index (χ1) is 13.4. The van der Waals surface area contributed by atoms with Crippen LogP contribution in [0.2, 0.25) is 0 Å². The van der Waals surface area contributed by atoms with Crippen molar-refractivity contribution < 1.29 is 21.8 Å². The van der Waals surface area contributed by atoms with Gasteiger partial charge in [-0.05, 0) is 54.1 Å². The Morgan fingerprint density at radius 3 is 2.14 bits per heavy atom. The van der Waals surface area contributed by atoms with Crippen molar-refractivity contribution in [3.8, 4) is 5.75 Å². The lowest BCUT2D eigenvalue weighted by Gasteiger charge is -2.40. The fourth-order valence-corrected chi connectivity index (χ4v) is 4.07. The Bertz CT molecular complexity index is 1100. The van der Waals surface area contributed by atoms with Crippen LogP contribution in [0.3, 0.4) is 0 Å². The second-order valence-electron chi connectivity index (χ2n) is 6.38. The molecule has 3 aromatic rings. The van der Waals surface area contributed by atoms with E-state index in [2.05, 4.69) is 0 Å². The van der Waals surface area contributed by atoms with Crippen molar-refractivity contribution in [2.75, 3.05) is 4.90 Å². The van der Waals surface area contributed by atoms with Crippen LogP contribution in [0, 0.1) is 5.82 Å². The Morgan fingerprint density at radius 1 is 0.893 bits per heavy atom. The summed E-state index contributed by atoms with van der Waals surface area (Å²) in [4.78, 5) is 13.7. The van der Waals surface area contributed by atoms with E-state index in [0.717, 1.165) is 5.56 Å². The number of benzene rings is 3. The van der Waals surface area contributed by atoms with E-state index in [0.29, 0.717) is 12.1 Å². The van der Waals surface area contributed by atoms with E-state index in [9.17, 15) is 17.6 Å². The van der Waals surface area contributed by atoms with Gasteiger partial charge in [-0.15, -0.1) is 0 Å². The van der Waals surface area contributed by atoms with E-state index in [-0.39, 0.29) is 28.4 Å². The van der Waals surface area contributed by atoms with Crippen LogP contribution < -0.4 is 9.08 Å². The molecule has 0 radical (unpaired) electrons. The molecule has 28 heavy (non-hydrogen) atoms. The Hall–Kier alpha value is -3.19. The normalized spacial score (nSPS) is 16.5. The minimum absolute atomic E-state index is 0.0522. The van der Waals surface area contributed by atoms with E-state index >= 15 is 0 Å². The topological polar surface area (TPSA) is 63.7 Å². The monoisotopic (exact) mass is 397 g/mol. The molecule has 0 bridgehead atoms. The second kappa shape index (κ2) is 7.09. The predicted molar refractivity (Wildman–Crippen MR) is 102 cm³/mol. The molecule has 1 amide bonds. The molecule has 0 aromatic heterocycles. The van der Waals surface area contributed by atoms with Crippen LogP contribution in [-0.2, 0) is 14.9 Å². The van der Waals surface area contributed by atoms with E-state index in [1.165, 1.54) is 24.3 Å². The maximum absolute atomic E-state index is 13.1. The standard InChI is InChI=1S/C21H16FNO4S/c22-16-8-10-17(11-9-16)23-20(14-21(23)24)15-6-12-18(13-7-15)27-28(25,26)19-4-2-1-3-5-19/h1-13,20H,14H2. The third-order valence-electron chi connectivity index (χ3n) is 4.56. The van der Waals surface area contributed by atoms with Crippen LogP contribution >= 0.6 is 0 Å². The van der Waals surface area contributed by atoms with Gasteiger partial charge in [0.1, 0.15) is 16.5 Å². The van der Waals surface area contributed by atoms with Gasteiger partial charge in [-0.25, -0.2) is 4.39 Å². The summed E-state index contributed by atoms with van der Waals surface area (Å²) in [6.45, 7) is 0. The molecule has 142 valence electrons. The number of rotatable bonds is 5. The molecule has 0 aliphatic carbocycles. The highest BCUT2D eigenvalue weighted by molar-refractivity contribution is 7.87. The van der Waals surface area contributed by atoms with Crippen LogP contribution in [0.25, 0.3) is 0 Å². The average Bonchev–Trinajstić information content (AvgIpc) is 2.69. The van der Waals surface area contributed by atoms with Gasteiger partial charge in [-0.2, -0.15) is 8.42 Å². The fraction of sp³-hybridized carbons (Fsp3) is 0.0952. The van der Waals surface area contributed by atoms with E-state index in [1.807, 2.05) is 0 Å². The van der Waals surface area contributed by atoms with Crippen molar-refractivity contribution >= 4 is 21.7 Å². The van der Waals surface area contributed by atoms with Gasteiger partial charge in [0.2, 0.25) is 5.91 Å². The molecule has 0 spiro atoms. The number of halogens is 1. The molecule has 1 unspecified atom stereocenters. The Kier molecular flexibility index (Phi) is 4.60. The SMILES string of the molecule is O=C1CC(c2ccc(OS(=O)(=O)c3ccccc3)cc2)N1c1ccc(F)cc1. The van der Waals surface area contributed by atoms with Crippen molar-refractivity contribution in [1.82, 2.24) is 0 Å². The maximum atomic E-state index is 13.1. The van der Waals surface area contributed by atoms with Gasteiger partial charge in [0.05, 0.1) is 12.5 Å². The van der Waals surface area contributed by atoms with Crippen molar-refractivity contribution in [3.63, 3.8) is 0 Å². The van der Waals surface area contributed by atoms with Gasteiger partial charge in [0.25, 0.3) is 0 Å². The first kappa shape index (κ1) is 18.2. The van der Waals surface area contributed by atoms with Crippen molar-refractivity contribution in [2.24, 2.45) is 0 Å². The number of hydrogen-bond acceptors (Lipinski definition) is 4. The third-order valence-corrected chi connectivity index (χ3v) is 5.82. The molecule has 5 nitrogen and oxygen atoms in total. The van der Waals surface area contributed by atoms with Crippen LogP contribution in [0.5, 0.6) is 5.75 Å². The summed E-state index contributed by atoms with van der Waals surface area (Å²) in [5.74, 6) is -0.232. The summed E-state index contributed by atoms with van der Waals surface area (Å²) in [5, 5.41) is 0. The molecule has 1 saturated heterocycles. The lowest BCUT2D eigenvalue weighted by molar-refractivity contribution is -0.124. The zero-order chi connectivity index (χ0) is 19.7. The van der Waals surface area contributed by atoms with Crippen molar-refractivity contribution in [3.05, 3.63) is 90.2 Å². The number of amides is 1. The molecule has 1 atom stereocenters. The first-order valence-electron chi connectivity index (χ1n) is 8.61. The summed E-state index contributed by atoms with van der Waals surface area (Å²) in [6, 6.07) is 20.0. The summed E-state index contributed by atoms with van der Waals surface area (Å²) < 4.78 is 42.9. The summed E-state index contributed by atoms with van der Waals surface area (Å²) in [6.07, 6.45) is 0.333. The highest BCUT2D eigenvalue weighted by Gasteiger charge is 2.38. The minimum atomic E-state index is -3.90. The summed E-state index contributed by atoms with van der Waals surface area (Å²) in [7, 11) is -3.90. The highest BCUT2D eigenvalue weighted by atomic mass is 32.2. The number of carbonyl (C=O) groups excluding carboxylic acids is 1. The molecular weight excluding hydrogens is 381 g/mol. The van der Waals surface area contributed by atoms with Gasteiger partial charge in [-0.3, -0.25) is 4.79 Å². The quantitative estimate of drug-likeness (QED) is 0.481. The van der Waals surface area contributed by atoms with Crippen molar-refractivity contribution in [1.29, 1.82) is 0 Å². The Labute approximate surface area is 162 Å². The van der Waals surface area contributed by atoms with Crippen LogP contribution in [0.4, 0.5) is 10.1 Å². The number of anilines is 1. The first-order valence-corrected chi connectivity index (χ1v) is 10.0. The summed E-state index contributed by atoms with van der Waals surface area (Å²) >= 11 is 0. The number of carbonyl (C=O) groups is 1. The lowest BCUT2D eigenvalue weighted by atomic mass is 9.93. The molecule has 0 N–H and O–H groups in total. The number of hydrogen-bond donors (Lipinski definition) is 0. The van der Waals surface area contributed by atoms with Crippen LogP contribution in [0.1, 0.15) is 18.0 Å². The average molecular weight is 397 g/mol. The highest BCUT2D eigenvalue weighted by Crippen LogP contribution is 2.39. The van der Waals surface area contributed by atoms with E-state index in [1.54, 1.807) is 59.5 Å². The molecule has 1 aliphatic heterocycles. The Balaban J connectivity index is 1.52. The molecule has 4 rings (SSSR count). The molecule has 7 heteroatoms. The zero-order valence-corrected chi connectivity index (χ0v) is 15.5. The molecule has 3 aromatic carbocycles. The lowest BCUT2D eigenvalue weighted by Crippen LogP contribution is -2.46. The Morgan fingerprint density at radius 2 is 1.54 bits per heavy atom. The smallest absolute Gasteiger partial charge is 0.339 e. The number of nitrogens with zero attached hydrogens (tertiary/aromatic N) is 1. The summed E-state index contributed by atoms with van der Waals surface area (Å²) in [5.41, 5.74) is 1.46. The van der Waals surface area contributed by atoms with Gasteiger partial charge in [-0.1, -0.05) is 30.3 Å². The van der Waals surface area contributed by atoms with Gasteiger partial charge in [0, 0.05) is 5.69 Å². The molecule has 1 aliphatic rings. The maximum Gasteiger partial charge on any atom is 0.339 e. The molecular formula is C21H16FNO4S. The minimum Gasteiger partial charge on any atom is -0.379 e. The predicted octanol–water partition coefficient (Wildman–Crippen LogP) is 4.07. The van der Waals surface area contributed by atoms with E-state index in [4.69, 9.17) is 4.18 Å². The van der Waals surface area contributed by atoms with Gasteiger partial charge >= 0.3 is 10.1 Å². The van der Waals surface area contributed by atoms with Gasteiger partial charge in [0.15, 0.2) is 0 Å². The molecule has 1 heterocycles. The fourth-order valence-electron chi connectivity index (χ4n) is 3.12. The zero-order valence-electron chi connectivity index (χ0n) is 14.7. The molecule has 0 saturated carbocycles. The van der Waals surface area contributed by atoms with Crippen LogP contribution in [0.15, 0.2) is 83.8 Å². The van der Waals surface area contributed by atoms with E-state index < -0.39 is 10.1 Å².